The number of rotatable bonds is 3. The fourth-order valence-electron chi connectivity index (χ4n) is 3.41. The number of hydrogen-bond acceptors (Lipinski definition) is 6. The highest BCUT2D eigenvalue weighted by molar-refractivity contribution is 7.20. The number of benzene rings is 2. The number of carbonyl (C=O) groups excluding carboxylic acids is 1. The molecule has 0 saturated carbocycles. The Kier molecular flexibility index (Phi) is 4.47. The number of hydrogen-bond donors (Lipinski definition) is 0. The molecule has 10 heteroatoms. The highest BCUT2D eigenvalue weighted by Gasteiger charge is 2.36. The van der Waals surface area contributed by atoms with Crippen molar-refractivity contribution in [1.82, 2.24) is 9.88 Å². The number of amides is 1. The molecule has 1 aliphatic heterocycles. The highest BCUT2D eigenvalue weighted by Crippen LogP contribution is 2.38. The largest absolute Gasteiger partial charge is 0.463 e. The standard InChI is InChI=1S/C21H13F3N2O4S/c22-21(23,24)14-5-3-7-16-17(14)25-20(31-16)29-12-9-26(10-12)18(27)13-8-11-4-1-2-6-15(11)30-19(13)28/h1-8,12H,9-10H2. The fourth-order valence-corrected chi connectivity index (χ4v) is 4.32. The van der Waals surface area contributed by atoms with Gasteiger partial charge in [-0.25, -0.2) is 9.78 Å². The van der Waals surface area contributed by atoms with E-state index in [9.17, 15) is 22.8 Å². The molecule has 31 heavy (non-hydrogen) atoms. The molecule has 1 fully saturated rings. The number of para-hydroxylation sites is 2. The van der Waals surface area contributed by atoms with Crippen molar-refractivity contribution in [2.75, 3.05) is 13.1 Å². The maximum absolute atomic E-state index is 13.1. The fraction of sp³-hybridized carbons (Fsp3) is 0.190. The Labute approximate surface area is 176 Å². The molecule has 0 aliphatic carbocycles. The number of nitrogens with zero attached hydrogens (tertiary/aromatic N) is 2. The first-order valence-electron chi connectivity index (χ1n) is 9.25. The Morgan fingerprint density at radius 2 is 1.94 bits per heavy atom. The van der Waals surface area contributed by atoms with Crippen molar-refractivity contribution < 1.29 is 27.1 Å². The Morgan fingerprint density at radius 1 is 1.16 bits per heavy atom. The van der Waals surface area contributed by atoms with Crippen molar-refractivity contribution in [3.63, 3.8) is 0 Å². The van der Waals surface area contributed by atoms with E-state index in [1.54, 1.807) is 30.3 Å². The Bertz CT molecular complexity index is 1370. The minimum Gasteiger partial charge on any atom is -0.463 e. The molecule has 4 aromatic rings. The zero-order valence-electron chi connectivity index (χ0n) is 15.7. The van der Waals surface area contributed by atoms with Crippen LogP contribution >= 0.6 is 11.3 Å². The maximum Gasteiger partial charge on any atom is 0.418 e. The number of aromatic nitrogens is 1. The predicted molar refractivity (Wildman–Crippen MR) is 107 cm³/mol. The molecule has 6 nitrogen and oxygen atoms in total. The molecule has 1 saturated heterocycles. The van der Waals surface area contributed by atoms with E-state index in [2.05, 4.69) is 4.98 Å². The van der Waals surface area contributed by atoms with Crippen LogP contribution < -0.4 is 10.4 Å². The van der Waals surface area contributed by atoms with E-state index >= 15 is 0 Å². The zero-order valence-corrected chi connectivity index (χ0v) is 16.5. The second-order valence-electron chi connectivity index (χ2n) is 7.07. The number of fused-ring (bicyclic) bond motifs is 2. The molecule has 0 radical (unpaired) electrons. The van der Waals surface area contributed by atoms with Gasteiger partial charge in [-0.05, 0) is 24.3 Å². The molecule has 0 bridgehead atoms. The second-order valence-corrected chi connectivity index (χ2v) is 8.06. The van der Waals surface area contributed by atoms with Gasteiger partial charge in [-0.3, -0.25) is 4.79 Å². The van der Waals surface area contributed by atoms with E-state index in [0.29, 0.717) is 15.7 Å². The summed E-state index contributed by atoms with van der Waals surface area (Å²) < 4.78 is 50.7. The summed E-state index contributed by atoms with van der Waals surface area (Å²) in [5, 5.41) is 0.739. The van der Waals surface area contributed by atoms with E-state index in [1.165, 1.54) is 17.0 Å². The summed E-state index contributed by atoms with van der Waals surface area (Å²) in [6.07, 6.45) is -4.93. The summed E-state index contributed by atoms with van der Waals surface area (Å²) in [5.74, 6) is -0.483. The van der Waals surface area contributed by atoms with Crippen LogP contribution in [0.5, 0.6) is 5.19 Å². The molecule has 3 heterocycles. The first kappa shape index (κ1) is 19.6. The third-order valence-corrected chi connectivity index (χ3v) is 5.89. The predicted octanol–water partition coefficient (Wildman–Crippen LogP) is 4.32. The van der Waals surface area contributed by atoms with E-state index in [-0.39, 0.29) is 29.4 Å². The van der Waals surface area contributed by atoms with Crippen LogP contribution in [0, 0.1) is 0 Å². The molecule has 0 unspecified atom stereocenters. The zero-order chi connectivity index (χ0) is 21.8. The van der Waals surface area contributed by atoms with Gasteiger partial charge in [-0.2, -0.15) is 13.2 Å². The smallest absolute Gasteiger partial charge is 0.418 e. The van der Waals surface area contributed by atoms with Crippen LogP contribution in [0.4, 0.5) is 13.2 Å². The molecule has 2 aromatic carbocycles. The lowest BCUT2D eigenvalue weighted by atomic mass is 10.1. The van der Waals surface area contributed by atoms with Gasteiger partial charge in [0, 0.05) is 5.39 Å². The summed E-state index contributed by atoms with van der Waals surface area (Å²) in [6.45, 7) is 0.375. The SMILES string of the molecule is O=C(c1cc2ccccc2oc1=O)N1CC(Oc2nc3c(C(F)(F)F)cccc3s2)C1. The third-order valence-electron chi connectivity index (χ3n) is 4.98. The lowest BCUT2D eigenvalue weighted by Gasteiger charge is -2.38. The van der Waals surface area contributed by atoms with Gasteiger partial charge in [0.05, 0.1) is 28.9 Å². The van der Waals surface area contributed by atoms with Crippen molar-refractivity contribution in [3.05, 3.63) is 70.1 Å². The number of halogens is 3. The van der Waals surface area contributed by atoms with Crippen molar-refractivity contribution in [1.29, 1.82) is 0 Å². The molecule has 2 aromatic heterocycles. The van der Waals surface area contributed by atoms with E-state index < -0.39 is 29.4 Å². The van der Waals surface area contributed by atoms with Crippen molar-refractivity contribution in [3.8, 4) is 5.19 Å². The average Bonchev–Trinajstić information content (AvgIpc) is 3.11. The van der Waals surface area contributed by atoms with Gasteiger partial charge in [-0.15, -0.1) is 0 Å². The minimum absolute atomic E-state index is 0.0769. The molecular formula is C21H13F3N2O4S. The maximum atomic E-state index is 13.1. The third kappa shape index (κ3) is 3.52. The monoisotopic (exact) mass is 446 g/mol. The number of carbonyl (C=O) groups is 1. The van der Waals surface area contributed by atoms with Gasteiger partial charge in [0.2, 0.25) is 0 Å². The van der Waals surface area contributed by atoms with Gasteiger partial charge in [-0.1, -0.05) is 35.6 Å². The van der Waals surface area contributed by atoms with Crippen LogP contribution in [0.1, 0.15) is 15.9 Å². The summed E-state index contributed by atoms with van der Waals surface area (Å²) in [7, 11) is 0. The Morgan fingerprint density at radius 3 is 2.71 bits per heavy atom. The number of alkyl halides is 3. The summed E-state index contributed by atoms with van der Waals surface area (Å²) in [5.41, 5.74) is -1.38. The molecule has 5 rings (SSSR count). The Hall–Kier alpha value is -3.40. The number of thiazole rings is 1. The van der Waals surface area contributed by atoms with Crippen LogP contribution in [0.3, 0.4) is 0 Å². The van der Waals surface area contributed by atoms with Crippen LogP contribution in [0.15, 0.2) is 57.7 Å². The number of likely N-dealkylation sites (tertiary alicyclic amines) is 1. The van der Waals surface area contributed by atoms with Gasteiger partial charge >= 0.3 is 11.8 Å². The van der Waals surface area contributed by atoms with Gasteiger partial charge < -0.3 is 14.1 Å². The van der Waals surface area contributed by atoms with Crippen LogP contribution in [-0.2, 0) is 6.18 Å². The normalized spacial score (nSPS) is 14.7. The van der Waals surface area contributed by atoms with E-state index in [4.69, 9.17) is 9.15 Å². The average molecular weight is 446 g/mol. The first-order chi connectivity index (χ1) is 14.8. The summed E-state index contributed by atoms with van der Waals surface area (Å²) >= 11 is 1.01. The van der Waals surface area contributed by atoms with Crippen LogP contribution in [0.2, 0.25) is 0 Å². The van der Waals surface area contributed by atoms with Gasteiger partial charge in [0.15, 0.2) is 0 Å². The quantitative estimate of drug-likeness (QED) is 0.438. The minimum atomic E-state index is -4.51. The van der Waals surface area contributed by atoms with Gasteiger partial charge in [0.25, 0.3) is 11.1 Å². The van der Waals surface area contributed by atoms with E-state index in [0.717, 1.165) is 17.4 Å². The lowest BCUT2D eigenvalue weighted by Crippen LogP contribution is -2.56. The molecule has 1 aliphatic rings. The summed E-state index contributed by atoms with van der Waals surface area (Å²) in [4.78, 5) is 30.2. The highest BCUT2D eigenvalue weighted by atomic mass is 32.1. The van der Waals surface area contributed by atoms with Crippen molar-refractivity contribution in [2.45, 2.75) is 12.3 Å². The lowest BCUT2D eigenvalue weighted by molar-refractivity contribution is -0.136. The van der Waals surface area contributed by atoms with Crippen molar-refractivity contribution in [2.24, 2.45) is 0 Å². The van der Waals surface area contributed by atoms with Crippen LogP contribution in [0.25, 0.3) is 21.2 Å². The topological polar surface area (TPSA) is 72.6 Å². The molecule has 158 valence electrons. The van der Waals surface area contributed by atoms with Crippen LogP contribution in [-0.4, -0.2) is 35.0 Å². The van der Waals surface area contributed by atoms with Gasteiger partial charge in [0.1, 0.15) is 17.3 Å². The first-order valence-corrected chi connectivity index (χ1v) is 10.1. The van der Waals surface area contributed by atoms with E-state index in [1.807, 2.05) is 0 Å². The molecule has 0 spiro atoms. The second kappa shape index (κ2) is 7.09. The Balaban J connectivity index is 1.30. The van der Waals surface area contributed by atoms with Crippen molar-refractivity contribution >= 4 is 38.4 Å². The molecule has 1 amide bonds. The molecular weight excluding hydrogens is 433 g/mol. The number of ether oxygens (including phenoxy) is 1. The molecule has 0 atom stereocenters. The molecule has 0 N–H and O–H groups in total. The summed E-state index contributed by atoms with van der Waals surface area (Å²) in [6, 6.07) is 12.2.